The van der Waals surface area contributed by atoms with Crippen LogP contribution >= 0.6 is 0 Å². The largest absolute Gasteiger partial charge is 0.466 e. The number of aryl methyl sites for hydroxylation is 6. The lowest BCUT2D eigenvalue weighted by Crippen LogP contribution is -2.11. The minimum atomic E-state index is -0.329. The predicted molar refractivity (Wildman–Crippen MR) is 229 cm³/mol. The molecule has 9 heteroatoms. The highest BCUT2D eigenvalue weighted by molar-refractivity contribution is 5.81. The van der Waals surface area contributed by atoms with E-state index in [-0.39, 0.29) is 48.3 Å². The second kappa shape index (κ2) is 22.9. The summed E-state index contributed by atoms with van der Waals surface area (Å²) >= 11 is 0. The smallest absolute Gasteiger partial charge is 0.306 e. The number of hydrogen-bond acceptors (Lipinski definition) is 7. The highest BCUT2D eigenvalue weighted by Crippen LogP contribution is 2.36. The lowest BCUT2D eigenvalue weighted by molar-refractivity contribution is -0.144. The van der Waals surface area contributed by atoms with Crippen molar-refractivity contribution in [2.45, 2.75) is 100 Å². The maximum absolute atomic E-state index is 14.8. The van der Waals surface area contributed by atoms with Crippen LogP contribution in [-0.2, 0) is 25.6 Å². The molecule has 0 saturated carbocycles. The molecule has 4 aromatic carbocycles. The fourth-order valence-electron chi connectivity index (χ4n) is 7.24. The molecule has 0 fully saturated rings. The van der Waals surface area contributed by atoms with Gasteiger partial charge in [0.15, 0.2) is 0 Å². The molecule has 0 radical (unpaired) electrons. The number of halogens is 2. The van der Waals surface area contributed by atoms with Crippen molar-refractivity contribution in [1.82, 2.24) is 10.2 Å². The highest BCUT2D eigenvalue weighted by atomic mass is 19.1. The summed E-state index contributed by atoms with van der Waals surface area (Å²) in [6.45, 7) is 20.4. The standard InChI is InChI=1S/C24H32FNO2.C22H25FO3.C2H7N/c1-8-28-22(27)12-15(2)21-13-20(11-18(5)24(21)25)23-16(3)9-19(10-17(23)4)14-26(6)7;1-6-26-20(25)10-13(2)19-11-18(9-16(5)22(19)23)21-14(3)7-17(12-24)8-15(21)4;1-3-2/h9-11,13,15H,8,12,14H2,1-7H3;7-9,11-13H,6,10H2,1-5H3;3H,1-2H3/t15-;13-;/m00./s1. The van der Waals surface area contributed by atoms with Crippen LogP contribution in [0.1, 0.15) is 113 Å². The number of nitrogens with zero attached hydrogens (tertiary/aromatic N) is 1. The van der Waals surface area contributed by atoms with E-state index < -0.39 is 0 Å². The summed E-state index contributed by atoms with van der Waals surface area (Å²) in [5, 5.41) is 2.75. The van der Waals surface area contributed by atoms with E-state index in [4.69, 9.17) is 9.47 Å². The molecular formula is C48H64F2N2O5. The summed E-state index contributed by atoms with van der Waals surface area (Å²) in [6, 6.07) is 15.5. The molecule has 0 unspecified atom stereocenters. The van der Waals surface area contributed by atoms with Gasteiger partial charge in [-0.25, -0.2) is 8.78 Å². The number of esters is 2. The summed E-state index contributed by atoms with van der Waals surface area (Å²) in [5.74, 6) is -1.68. The van der Waals surface area contributed by atoms with Crippen molar-refractivity contribution in [3.63, 3.8) is 0 Å². The second-order valence-corrected chi connectivity index (χ2v) is 15.2. The second-order valence-electron chi connectivity index (χ2n) is 15.2. The van der Waals surface area contributed by atoms with E-state index in [2.05, 4.69) is 50.3 Å². The van der Waals surface area contributed by atoms with Gasteiger partial charge in [0.1, 0.15) is 17.9 Å². The molecule has 0 bridgehead atoms. The van der Waals surface area contributed by atoms with Crippen molar-refractivity contribution in [2.75, 3.05) is 41.4 Å². The number of rotatable bonds is 13. The Balaban J connectivity index is 0.000000369. The lowest BCUT2D eigenvalue weighted by Gasteiger charge is -2.19. The number of carbonyl (C=O) groups is 3. The Kier molecular flexibility index (Phi) is 19.4. The van der Waals surface area contributed by atoms with E-state index in [1.54, 1.807) is 27.7 Å². The van der Waals surface area contributed by atoms with Gasteiger partial charge in [-0.15, -0.1) is 0 Å². The Morgan fingerprint density at radius 2 is 1.00 bits per heavy atom. The third-order valence-corrected chi connectivity index (χ3v) is 9.54. The molecule has 0 aliphatic heterocycles. The van der Waals surface area contributed by atoms with E-state index in [0.717, 1.165) is 46.2 Å². The van der Waals surface area contributed by atoms with Crippen molar-refractivity contribution in [3.8, 4) is 22.3 Å². The molecule has 7 nitrogen and oxygen atoms in total. The monoisotopic (exact) mass is 786 g/mol. The molecule has 4 rings (SSSR count). The highest BCUT2D eigenvalue weighted by Gasteiger charge is 2.21. The topological polar surface area (TPSA) is 84.9 Å². The Morgan fingerprint density at radius 1 is 0.649 bits per heavy atom. The van der Waals surface area contributed by atoms with Gasteiger partial charge >= 0.3 is 11.9 Å². The van der Waals surface area contributed by atoms with E-state index >= 15 is 0 Å². The van der Waals surface area contributed by atoms with Crippen molar-refractivity contribution in [2.24, 2.45) is 0 Å². The molecule has 0 amide bonds. The summed E-state index contributed by atoms with van der Waals surface area (Å²) in [5.41, 5.74) is 12.4. The van der Waals surface area contributed by atoms with Crippen LogP contribution in [0.3, 0.4) is 0 Å². The average Bonchev–Trinajstić information content (AvgIpc) is 3.10. The van der Waals surface area contributed by atoms with E-state index in [0.29, 0.717) is 41.0 Å². The maximum atomic E-state index is 14.8. The third kappa shape index (κ3) is 13.7. The molecule has 57 heavy (non-hydrogen) atoms. The van der Waals surface area contributed by atoms with Gasteiger partial charge in [-0.3, -0.25) is 14.4 Å². The SMILES string of the molecule is CCOC(=O)C[C@H](C)c1cc(-c2c(C)cc(C=O)cc2C)cc(C)c1F.CCOC(=O)C[C@H](C)c1cc(-c2c(C)cc(CN(C)C)cc2C)cc(C)c1F.CNC. The summed E-state index contributed by atoms with van der Waals surface area (Å²) in [7, 11) is 7.86. The maximum Gasteiger partial charge on any atom is 0.306 e. The van der Waals surface area contributed by atoms with Crippen LogP contribution in [0.5, 0.6) is 0 Å². The van der Waals surface area contributed by atoms with Gasteiger partial charge in [0, 0.05) is 12.1 Å². The molecule has 0 aliphatic carbocycles. The van der Waals surface area contributed by atoms with Crippen LogP contribution in [-0.4, -0.2) is 64.5 Å². The molecule has 4 aromatic rings. The lowest BCUT2D eigenvalue weighted by atomic mass is 9.88. The van der Waals surface area contributed by atoms with E-state index in [9.17, 15) is 23.2 Å². The zero-order valence-corrected chi connectivity index (χ0v) is 36.6. The molecule has 0 spiro atoms. The molecule has 1 N–H and O–H groups in total. The first-order valence-corrected chi connectivity index (χ1v) is 19.6. The first-order chi connectivity index (χ1) is 26.8. The Bertz CT molecular complexity index is 1960. The van der Waals surface area contributed by atoms with E-state index in [1.165, 1.54) is 16.7 Å². The predicted octanol–water partition coefficient (Wildman–Crippen LogP) is 10.7. The van der Waals surface area contributed by atoms with Crippen LogP contribution in [0.4, 0.5) is 8.78 Å². The zero-order valence-electron chi connectivity index (χ0n) is 36.6. The quantitative estimate of drug-likeness (QED) is 0.107. The number of nitrogens with one attached hydrogen (secondary N) is 1. The van der Waals surface area contributed by atoms with Crippen molar-refractivity contribution in [3.05, 3.63) is 116 Å². The van der Waals surface area contributed by atoms with Crippen LogP contribution in [0.15, 0.2) is 48.5 Å². The molecular weight excluding hydrogens is 723 g/mol. The van der Waals surface area contributed by atoms with E-state index in [1.807, 2.05) is 78.2 Å². The average molecular weight is 787 g/mol. The van der Waals surface area contributed by atoms with Crippen LogP contribution < -0.4 is 5.32 Å². The Morgan fingerprint density at radius 3 is 1.32 bits per heavy atom. The summed E-state index contributed by atoms with van der Waals surface area (Å²) < 4.78 is 39.6. The Hall–Kier alpha value is -4.73. The third-order valence-electron chi connectivity index (χ3n) is 9.54. The molecule has 0 aromatic heterocycles. The van der Waals surface area contributed by atoms with Gasteiger partial charge in [-0.05, 0) is 204 Å². The van der Waals surface area contributed by atoms with Gasteiger partial charge in [-0.2, -0.15) is 0 Å². The minimum Gasteiger partial charge on any atom is -0.466 e. The first-order valence-electron chi connectivity index (χ1n) is 19.6. The number of aldehydes is 1. The van der Waals surface area contributed by atoms with Crippen molar-refractivity contribution in [1.29, 1.82) is 0 Å². The normalized spacial score (nSPS) is 11.8. The van der Waals surface area contributed by atoms with Gasteiger partial charge in [-0.1, -0.05) is 26.0 Å². The van der Waals surface area contributed by atoms with Gasteiger partial charge in [0.05, 0.1) is 26.1 Å². The van der Waals surface area contributed by atoms with Crippen molar-refractivity contribution >= 4 is 18.2 Å². The molecule has 0 saturated heterocycles. The van der Waals surface area contributed by atoms with Crippen LogP contribution in [0.25, 0.3) is 22.3 Å². The minimum absolute atomic E-state index is 0.135. The summed E-state index contributed by atoms with van der Waals surface area (Å²) in [6.07, 6.45) is 1.13. The molecule has 310 valence electrons. The first kappa shape index (κ1) is 48.4. The number of ether oxygens (including phenoxy) is 2. The molecule has 2 atom stereocenters. The van der Waals surface area contributed by atoms with Gasteiger partial charge < -0.3 is 19.7 Å². The Labute approximate surface area is 340 Å². The number of benzene rings is 4. The fourth-order valence-corrected chi connectivity index (χ4v) is 7.24. The fraction of sp³-hybridized carbons (Fsp3) is 0.438. The van der Waals surface area contributed by atoms with Crippen molar-refractivity contribution < 1.29 is 32.6 Å². The number of carbonyl (C=O) groups excluding carboxylic acids is 3. The molecule has 0 aliphatic rings. The van der Waals surface area contributed by atoms with Crippen LogP contribution in [0, 0.1) is 53.2 Å². The zero-order chi connectivity index (χ0) is 43.1. The molecule has 0 heterocycles. The van der Waals surface area contributed by atoms with Crippen LogP contribution in [0.2, 0.25) is 0 Å². The summed E-state index contributed by atoms with van der Waals surface area (Å²) in [4.78, 5) is 36.8. The van der Waals surface area contributed by atoms with Gasteiger partial charge in [0.2, 0.25) is 0 Å². The number of hydrogen-bond donors (Lipinski definition) is 1. The van der Waals surface area contributed by atoms with Gasteiger partial charge in [0.25, 0.3) is 0 Å².